The molecule has 0 aliphatic heterocycles. The van der Waals surface area contributed by atoms with Gasteiger partial charge in [-0.1, -0.05) is 25.1 Å². The van der Waals surface area contributed by atoms with Gasteiger partial charge < -0.3 is 4.57 Å². The van der Waals surface area contributed by atoms with Crippen LogP contribution in [0, 0.1) is 6.92 Å². The van der Waals surface area contributed by atoms with E-state index in [4.69, 9.17) is 0 Å². The number of fused-ring (bicyclic) bond motifs is 1. The van der Waals surface area contributed by atoms with Crippen molar-refractivity contribution in [2.75, 3.05) is 6.54 Å². The SMILES string of the molecule is CCN(Cc1cnc(C)nc1)C(C)Cc1cn(CC)c2ccccc12. The Morgan fingerprint density at radius 2 is 1.84 bits per heavy atom. The number of aromatic nitrogens is 3. The molecule has 0 saturated heterocycles. The van der Waals surface area contributed by atoms with Crippen LogP contribution in [0.15, 0.2) is 42.9 Å². The number of benzene rings is 1. The number of likely N-dealkylation sites (N-methyl/N-ethyl adjacent to an activating group) is 1. The average molecular weight is 336 g/mol. The van der Waals surface area contributed by atoms with Gasteiger partial charge in [-0.05, 0) is 45.4 Å². The van der Waals surface area contributed by atoms with Crippen LogP contribution in [-0.2, 0) is 19.5 Å². The Morgan fingerprint density at radius 1 is 1.12 bits per heavy atom. The molecule has 0 radical (unpaired) electrons. The van der Waals surface area contributed by atoms with Gasteiger partial charge in [0, 0.05) is 54.2 Å². The Kier molecular flexibility index (Phi) is 5.49. The predicted octanol–water partition coefficient (Wildman–Crippen LogP) is 4.21. The molecule has 0 bridgehead atoms. The van der Waals surface area contributed by atoms with Gasteiger partial charge in [-0.25, -0.2) is 9.97 Å². The lowest BCUT2D eigenvalue weighted by Crippen LogP contribution is -2.34. The first-order valence-corrected chi connectivity index (χ1v) is 9.20. The summed E-state index contributed by atoms with van der Waals surface area (Å²) < 4.78 is 2.35. The standard InChI is InChI=1S/C21H28N4/c1-5-24(14-18-12-22-17(4)23-13-18)16(3)11-19-15-25(6-2)21-10-8-7-9-20(19)21/h7-10,12-13,15-16H,5-6,11,14H2,1-4H3. The Bertz CT molecular complexity index is 820. The van der Waals surface area contributed by atoms with Gasteiger partial charge in [0.1, 0.15) is 5.82 Å². The Balaban J connectivity index is 1.78. The van der Waals surface area contributed by atoms with Crippen molar-refractivity contribution in [2.24, 2.45) is 0 Å². The molecule has 132 valence electrons. The second-order valence-electron chi connectivity index (χ2n) is 6.71. The maximum absolute atomic E-state index is 4.32. The molecule has 4 heteroatoms. The van der Waals surface area contributed by atoms with E-state index in [1.54, 1.807) is 0 Å². The topological polar surface area (TPSA) is 34.0 Å². The van der Waals surface area contributed by atoms with Crippen molar-refractivity contribution < 1.29 is 0 Å². The van der Waals surface area contributed by atoms with Gasteiger partial charge in [-0.3, -0.25) is 4.90 Å². The Labute approximate surface area is 150 Å². The molecular formula is C21H28N4. The molecule has 0 N–H and O–H groups in total. The first-order valence-electron chi connectivity index (χ1n) is 9.20. The van der Waals surface area contributed by atoms with Crippen molar-refractivity contribution >= 4 is 10.9 Å². The summed E-state index contributed by atoms with van der Waals surface area (Å²) >= 11 is 0. The van der Waals surface area contributed by atoms with Crippen LogP contribution < -0.4 is 0 Å². The van der Waals surface area contributed by atoms with E-state index >= 15 is 0 Å². The third kappa shape index (κ3) is 3.90. The van der Waals surface area contributed by atoms with Crippen LogP contribution in [-0.4, -0.2) is 32.0 Å². The van der Waals surface area contributed by atoms with Crippen LogP contribution in [0.4, 0.5) is 0 Å². The minimum atomic E-state index is 0.461. The first kappa shape index (κ1) is 17.6. The van der Waals surface area contributed by atoms with Gasteiger partial charge in [-0.15, -0.1) is 0 Å². The summed E-state index contributed by atoms with van der Waals surface area (Å²) in [6.07, 6.45) is 7.26. The number of rotatable bonds is 7. The normalized spacial score (nSPS) is 12.8. The van der Waals surface area contributed by atoms with E-state index < -0.39 is 0 Å². The van der Waals surface area contributed by atoms with E-state index in [1.807, 2.05) is 19.3 Å². The van der Waals surface area contributed by atoms with Crippen LogP contribution in [0.3, 0.4) is 0 Å². The van der Waals surface area contributed by atoms with Crippen LogP contribution in [0.1, 0.15) is 37.7 Å². The smallest absolute Gasteiger partial charge is 0.125 e. The van der Waals surface area contributed by atoms with Crippen LogP contribution in [0.5, 0.6) is 0 Å². The summed E-state index contributed by atoms with van der Waals surface area (Å²) in [6, 6.07) is 9.18. The Morgan fingerprint density at radius 3 is 2.52 bits per heavy atom. The van der Waals surface area contributed by atoms with Gasteiger partial charge >= 0.3 is 0 Å². The maximum atomic E-state index is 4.32. The third-order valence-electron chi connectivity index (χ3n) is 4.98. The molecule has 0 aliphatic carbocycles. The fourth-order valence-corrected chi connectivity index (χ4v) is 3.51. The third-order valence-corrected chi connectivity index (χ3v) is 4.98. The highest BCUT2D eigenvalue weighted by atomic mass is 15.1. The monoisotopic (exact) mass is 336 g/mol. The second-order valence-corrected chi connectivity index (χ2v) is 6.71. The molecule has 0 spiro atoms. The molecule has 1 unspecified atom stereocenters. The molecule has 2 aromatic heterocycles. The summed E-state index contributed by atoms with van der Waals surface area (Å²) in [5.41, 5.74) is 3.95. The summed E-state index contributed by atoms with van der Waals surface area (Å²) in [5, 5.41) is 1.38. The molecular weight excluding hydrogens is 308 g/mol. The lowest BCUT2D eigenvalue weighted by molar-refractivity contribution is 0.209. The molecule has 0 fully saturated rings. The number of aryl methyl sites for hydroxylation is 2. The zero-order valence-electron chi connectivity index (χ0n) is 15.7. The molecule has 3 aromatic rings. The number of hydrogen-bond donors (Lipinski definition) is 0. The lowest BCUT2D eigenvalue weighted by atomic mass is 10.0. The zero-order valence-corrected chi connectivity index (χ0v) is 15.7. The van der Waals surface area contributed by atoms with E-state index in [9.17, 15) is 0 Å². The quantitative estimate of drug-likeness (QED) is 0.648. The summed E-state index contributed by atoms with van der Waals surface area (Å²) in [4.78, 5) is 11.1. The fraction of sp³-hybridized carbons (Fsp3) is 0.429. The molecule has 2 heterocycles. The van der Waals surface area contributed by atoms with Gasteiger partial charge in [-0.2, -0.15) is 0 Å². The maximum Gasteiger partial charge on any atom is 0.125 e. The van der Waals surface area contributed by atoms with Crippen LogP contribution in [0.25, 0.3) is 10.9 Å². The molecule has 0 amide bonds. The summed E-state index contributed by atoms with van der Waals surface area (Å²) in [7, 11) is 0. The highest BCUT2D eigenvalue weighted by Gasteiger charge is 2.16. The highest BCUT2D eigenvalue weighted by molar-refractivity contribution is 5.84. The van der Waals surface area contributed by atoms with Crippen molar-refractivity contribution in [3.05, 3.63) is 59.8 Å². The molecule has 1 atom stereocenters. The molecule has 0 saturated carbocycles. The number of hydrogen-bond acceptors (Lipinski definition) is 3. The van der Waals surface area contributed by atoms with E-state index in [2.05, 4.69) is 70.7 Å². The Hall–Kier alpha value is -2.20. The van der Waals surface area contributed by atoms with E-state index in [0.717, 1.165) is 31.9 Å². The molecule has 3 rings (SSSR count). The molecule has 25 heavy (non-hydrogen) atoms. The minimum absolute atomic E-state index is 0.461. The van der Waals surface area contributed by atoms with Gasteiger partial charge in [0.25, 0.3) is 0 Å². The van der Waals surface area contributed by atoms with Gasteiger partial charge in [0.2, 0.25) is 0 Å². The molecule has 4 nitrogen and oxygen atoms in total. The van der Waals surface area contributed by atoms with Crippen LogP contribution in [0.2, 0.25) is 0 Å². The second kappa shape index (κ2) is 7.79. The lowest BCUT2D eigenvalue weighted by Gasteiger charge is -2.27. The van der Waals surface area contributed by atoms with E-state index in [0.29, 0.717) is 6.04 Å². The molecule has 0 aliphatic rings. The van der Waals surface area contributed by atoms with Crippen molar-refractivity contribution in [1.29, 1.82) is 0 Å². The predicted molar refractivity (Wildman–Crippen MR) is 104 cm³/mol. The fourth-order valence-electron chi connectivity index (χ4n) is 3.51. The summed E-state index contributed by atoms with van der Waals surface area (Å²) in [5.74, 6) is 0.826. The first-order chi connectivity index (χ1) is 12.1. The van der Waals surface area contributed by atoms with E-state index in [1.165, 1.54) is 22.0 Å². The van der Waals surface area contributed by atoms with Crippen molar-refractivity contribution in [1.82, 2.24) is 19.4 Å². The van der Waals surface area contributed by atoms with Crippen molar-refractivity contribution in [2.45, 2.75) is 53.2 Å². The minimum Gasteiger partial charge on any atom is -0.347 e. The number of nitrogens with zero attached hydrogens (tertiary/aromatic N) is 4. The summed E-state index contributed by atoms with van der Waals surface area (Å²) in [6.45, 7) is 11.6. The van der Waals surface area contributed by atoms with Crippen LogP contribution >= 0.6 is 0 Å². The zero-order chi connectivity index (χ0) is 17.8. The molecule has 1 aromatic carbocycles. The largest absolute Gasteiger partial charge is 0.347 e. The highest BCUT2D eigenvalue weighted by Crippen LogP contribution is 2.24. The number of para-hydroxylation sites is 1. The van der Waals surface area contributed by atoms with Gasteiger partial charge in [0.15, 0.2) is 0 Å². The van der Waals surface area contributed by atoms with Crippen molar-refractivity contribution in [3.8, 4) is 0 Å². The van der Waals surface area contributed by atoms with Gasteiger partial charge in [0.05, 0.1) is 0 Å². The average Bonchev–Trinajstić information content (AvgIpc) is 2.99. The van der Waals surface area contributed by atoms with E-state index in [-0.39, 0.29) is 0 Å². The van der Waals surface area contributed by atoms with Crippen molar-refractivity contribution in [3.63, 3.8) is 0 Å².